The van der Waals surface area contributed by atoms with Gasteiger partial charge < -0.3 is 16.2 Å². The highest BCUT2D eigenvalue weighted by atomic mass is 16.4. The molecule has 76 valence electrons. The van der Waals surface area contributed by atoms with Crippen LogP contribution in [0.4, 0.5) is 0 Å². The molecule has 13 heavy (non-hydrogen) atoms. The summed E-state index contributed by atoms with van der Waals surface area (Å²) in [5, 5.41) is 12.2. The van der Waals surface area contributed by atoms with Crippen molar-refractivity contribution in [3.8, 4) is 0 Å². The molecule has 1 fully saturated rings. The zero-order valence-electron chi connectivity index (χ0n) is 7.88. The molecular formula is C9H18N2O2. The molecule has 0 aromatic rings. The van der Waals surface area contributed by atoms with Crippen molar-refractivity contribution in [3.63, 3.8) is 0 Å². The number of hydrogen-bond donors (Lipinski definition) is 3. The summed E-state index contributed by atoms with van der Waals surface area (Å²) in [5.41, 5.74) is 4.70. The second kappa shape index (κ2) is 4.58. The third-order valence-electron chi connectivity index (χ3n) is 2.71. The molecule has 0 amide bonds. The Morgan fingerprint density at radius 2 is 2.08 bits per heavy atom. The average Bonchev–Trinajstić information content (AvgIpc) is 2.55. The summed E-state index contributed by atoms with van der Waals surface area (Å²) in [6.07, 6.45) is 4.39. The van der Waals surface area contributed by atoms with Gasteiger partial charge in [-0.05, 0) is 32.4 Å². The Morgan fingerprint density at radius 1 is 1.46 bits per heavy atom. The smallest absolute Gasteiger partial charge is 0.323 e. The van der Waals surface area contributed by atoms with Crippen molar-refractivity contribution in [2.75, 3.05) is 13.1 Å². The first-order valence-corrected chi connectivity index (χ1v) is 4.90. The van der Waals surface area contributed by atoms with Crippen molar-refractivity contribution in [2.24, 2.45) is 5.73 Å². The number of nitrogens with one attached hydrogen (secondary N) is 1. The van der Waals surface area contributed by atoms with Gasteiger partial charge in [-0.2, -0.15) is 0 Å². The Morgan fingerprint density at radius 3 is 2.54 bits per heavy atom. The van der Waals surface area contributed by atoms with Crippen LogP contribution < -0.4 is 11.1 Å². The maximum atomic E-state index is 11.0. The van der Waals surface area contributed by atoms with Crippen molar-refractivity contribution >= 4 is 5.97 Å². The SMILES string of the molecule is NCCCNC1(C(=O)O)CCCC1. The Labute approximate surface area is 78.5 Å². The van der Waals surface area contributed by atoms with Crippen LogP contribution in [0.2, 0.25) is 0 Å². The average molecular weight is 186 g/mol. The van der Waals surface area contributed by atoms with E-state index in [0.29, 0.717) is 13.1 Å². The predicted molar refractivity (Wildman–Crippen MR) is 50.5 cm³/mol. The monoisotopic (exact) mass is 186 g/mol. The van der Waals surface area contributed by atoms with E-state index in [1.165, 1.54) is 0 Å². The zero-order valence-corrected chi connectivity index (χ0v) is 7.88. The predicted octanol–water partition coefficient (Wildman–Crippen LogP) is 0.322. The van der Waals surface area contributed by atoms with E-state index < -0.39 is 11.5 Å². The molecule has 1 saturated carbocycles. The molecule has 4 N–H and O–H groups in total. The molecule has 0 bridgehead atoms. The van der Waals surface area contributed by atoms with E-state index in [1.54, 1.807) is 0 Å². The Bertz CT molecular complexity index is 176. The van der Waals surface area contributed by atoms with Crippen molar-refractivity contribution < 1.29 is 9.90 Å². The van der Waals surface area contributed by atoms with Gasteiger partial charge in [-0.1, -0.05) is 12.8 Å². The van der Waals surface area contributed by atoms with Crippen molar-refractivity contribution in [3.05, 3.63) is 0 Å². The lowest BCUT2D eigenvalue weighted by molar-refractivity contribution is -0.144. The fourth-order valence-corrected chi connectivity index (χ4v) is 1.87. The number of carboxylic acids is 1. The summed E-state index contributed by atoms with van der Waals surface area (Å²) in [7, 11) is 0. The minimum atomic E-state index is -0.706. The second-order valence-electron chi connectivity index (χ2n) is 3.66. The van der Waals surface area contributed by atoms with Crippen molar-refractivity contribution in [1.82, 2.24) is 5.32 Å². The Hall–Kier alpha value is -0.610. The van der Waals surface area contributed by atoms with Gasteiger partial charge in [0.15, 0.2) is 0 Å². The summed E-state index contributed by atoms with van der Waals surface area (Å²) < 4.78 is 0. The number of carbonyl (C=O) groups is 1. The molecule has 0 spiro atoms. The third kappa shape index (κ3) is 2.42. The van der Waals surface area contributed by atoms with Crippen LogP contribution in [0.15, 0.2) is 0 Å². The maximum absolute atomic E-state index is 11.0. The minimum Gasteiger partial charge on any atom is -0.480 e. The Balaban J connectivity index is 2.43. The molecule has 0 saturated heterocycles. The second-order valence-corrected chi connectivity index (χ2v) is 3.66. The molecule has 4 nitrogen and oxygen atoms in total. The summed E-state index contributed by atoms with van der Waals surface area (Å²) in [6.45, 7) is 1.32. The van der Waals surface area contributed by atoms with Crippen molar-refractivity contribution in [1.29, 1.82) is 0 Å². The van der Waals surface area contributed by atoms with E-state index in [0.717, 1.165) is 32.1 Å². The first-order valence-electron chi connectivity index (χ1n) is 4.90. The van der Waals surface area contributed by atoms with Gasteiger partial charge in [0.25, 0.3) is 0 Å². The first kappa shape index (κ1) is 10.5. The van der Waals surface area contributed by atoms with E-state index >= 15 is 0 Å². The van der Waals surface area contributed by atoms with Gasteiger partial charge in [0.05, 0.1) is 0 Å². The highest BCUT2D eigenvalue weighted by Crippen LogP contribution is 2.29. The Kier molecular flexibility index (Phi) is 3.69. The summed E-state index contributed by atoms with van der Waals surface area (Å²) in [5.74, 6) is -0.706. The molecule has 4 heteroatoms. The van der Waals surface area contributed by atoms with Crippen LogP contribution in [0.1, 0.15) is 32.1 Å². The number of nitrogens with two attached hydrogens (primary N) is 1. The number of rotatable bonds is 5. The van der Waals surface area contributed by atoms with Crippen LogP contribution in [0.3, 0.4) is 0 Å². The third-order valence-corrected chi connectivity index (χ3v) is 2.71. The van der Waals surface area contributed by atoms with E-state index in [1.807, 2.05) is 0 Å². The zero-order chi connectivity index (χ0) is 9.73. The lowest BCUT2D eigenvalue weighted by Gasteiger charge is -2.25. The van der Waals surface area contributed by atoms with Crippen LogP contribution in [-0.2, 0) is 4.79 Å². The van der Waals surface area contributed by atoms with Crippen molar-refractivity contribution in [2.45, 2.75) is 37.6 Å². The van der Waals surface area contributed by atoms with Gasteiger partial charge in [-0.15, -0.1) is 0 Å². The molecule has 0 aromatic carbocycles. The van der Waals surface area contributed by atoms with E-state index in [9.17, 15) is 4.79 Å². The maximum Gasteiger partial charge on any atom is 0.323 e. The molecule has 1 aliphatic rings. The number of carboxylic acid groups (broad SMARTS) is 1. The largest absolute Gasteiger partial charge is 0.480 e. The van der Waals surface area contributed by atoms with Gasteiger partial charge >= 0.3 is 5.97 Å². The van der Waals surface area contributed by atoms with E-state index in [4.69, 9.17) is 10.8 Å². The van der Waals surface area contributed by atoms with Crippen LogP contribution in [-0.4, -0.2) is 29.7 Å². The van der Waals surface area contributed by atoms with E-state index in [-0.39, 0.29) is 0 Å². The molecule has 0 aromatic heterocycles. The minimum absolute atomic E-state index is 0.614. The topological polar surface area (TPSA) is 75.3 Å². The lowest BCUT2D eigenvalue weighted by atomic mass is 9.98. The molecule has 0 atom stereocenters. The molecule has 0 aliphatic heterocycles. The molecule has 1 aliphatic carbocycles. The summed E-state index contributed by atoms with van der Waals surface area (Å²) >= 11 is 0. The standard InChI is InChI=1S/C9H18N2O2/c10-6-3-7-11-9(8(12)13)4-1-2-5-9/h11H,1-7,10H2,(H,12,13). The van der Waals surface area contributed by atoms with Gasteiger partial charge in [-0.3, -0.25) is 4.79 Å². The van der Waals surface area contributed by atoms with Gasteiger partial charge in [0, 0.05) is 0 Å². The molecule has 0 radical (unpaired) electrons. The number of aliphatic carboxylic acids is 1. The normalized spacial score (nSPS) is 20.4. The molecular weight excluding hydrogens is 168 g/mol. The molecule has 0 heterocycles. The van der Waals surface area contributed by atoms with Gasteiger partial charge in [0.1, 0.15) is 5.54 Å². The van der Waals surface area contributed by atoms with Crippen LogP contribution in [0, 0.1) is 0 Å². The van der Waals surface area contributed by atoms with Crippen LogP contribution in [0.25, 0.3) is 0 Å². The van der Waals surface area contributed by atoms with Crippen LogP contribution in [0.5, 0.6) is 0 Å². The summed E-state index contributed by atoms with van der Waals surface area (Å²) in [4.78, 5) is 11.0. The molecule has 1 rings (SSSR count). The lowest BCUT2D eigenvalue weighted by Crippen LogP contribution is -2.50. The van der Waals surface area contributed by atoms with Gasteiger partial charge in [-0.25, -0.2) is 0 Å². The quantitative estimate of drug-likeness (QED) is 0.541. The van der Waals surface area contributed by atoms with Crippen LogP contribution >= 0.6 is 0 Å². The highest BCUT2D eigenvalue weighted by molar-refractivity contribution is 5.79. The number of hydrogen-bond acceptors (Lipinski definition) is 3. The van der Waals surface area contributed by atoms with Gasteiger partial charge in [0.2, 0.25) is 0 Å². The first-order chi connectivity index (χ1) is 6.21. The van der Waals surface area contributed by atoms with E-state index in [2.05, 4.69) is 5.32 Å². The fourth-order valence-electron chi connectivity index (χ4n) is 1.87. The fraction of sp³-hybridized carbons (Fsp3) is 0.889. The summed E-state index contributed by atoms with van der Waals surface area (Å²) in [6, 6.07) is 0. The molecule has 0 unspecified atom stereocenters. The highest BCUT2D eigenvalue weighted by Gasteiger charge is 2.40.